The lowest BCUT2D eigenvalue weighted by Gasteiger charge is -2.16. The Morgan fingerprint density at radius 2 is 1.70 bits per heavy atom. The Balaban J connectivity index is 2.71. The van der Waals surface area contributed by atoms with E-state index in [9.17, 15) is 19.5 Å². The number of esters is 1. The van der Waals surface area contributed by atoms with Crippen molar-refractivity contribution in [2.75, 3.05) is 6.61 Å². The fourth-order valence-electron chi connectivity index (χ4n) is 2.09. The first kappa shape index (κ1) is 18.6. The molecule has 0 aliphatic carbocycles. The molecule has 0 bridgehead atoms. The minimum atomic E-state index is -1.24. The number of hydrogen-bond donors (Lipinski definition) is 3. The van der Waals surface area contributed by atoms with Crippen LogP contribution in [0, 0.1) is 5.92 Å². The summed E-state index contributed by atoms with van der Waals surface area (Å²) in [5.41, 5.74) is -0.249. The predicted molar refractivity (Wildman–Crippen MR) is 80.3 cm³/mol. The number of aromatic carboxylic acids is 1. The van der Waals surface area contributed by atoms with Crippen molar-refractivity contribution in [1.29, 1.82) is 0 Å². The fourth-order valence-corrected chi connectivity index (χ4v) is 2.09. The lowest BCUT2D eigenvalue weighted by molar-refractivity contribution is -0.138. The van der Waals surface area contributed by atoms with E-state index in [2.05, 4.69) is 0 Å². The number of carbonyl (C=O) groups excluding carboxylic acids is 1. The zero-order chi connectivity index (χ0) is 17.4. The van der Waals surface area contributed by atoms with Gasteiger partial charge in [-0.3, -0.25) is 4.79 Å². The van der Waals surface area contributed by atoms with Crippen molar-refractivity contribution in [1.82, 2.24) is 0 Å². The van der Waals surface area contributed by atoms with Crippen LogP contribution in [0.15, 0.2) is 24.3 Å². The van der Waals surface area contributed by atoms with Crippen molar-refractivity contribution in [2.24, 2.45) is 5.92 Å². The summed E-state index contributed by atoms with van der Waals surface area (Å²) < 4.78 is 5.07. The first-order chi connectivity index (χ1) is 10.8. The summed E-state index contributed by atoms with van der Waals surface area (Å²) in [5.74, 6) is -3.52. The number of carboxylic acids is 2. The molecule has 0 saturated heterocycles. The molecule has 23 heavy (non-hydrogen) atoms. The van der Waals surface area contributed by atoms with Crippen LogP contribution in [0.1, 0.15) is 46.9 Å². The number of aliphatic hydroxyl groups excluding tert-OH is 1. The quantitative estimate of drug-likeness (QED) is 0.592. The summed E-state index contributed by atoms with van der Waals surface area (Å²) in [5, 5.41) is 27.2. The Hall–Kier alpha value is -2.41. The summed E-state index contributed by atoms with van der Waals surface area (Å²) in [6, 6.07) is 5.65. The van der Waals surface area contributed by atoms with Gasteiger partial charge < -0.3 is 20.1 Å². The van der Waals surface area contributed by atoms with Crippen molar-refractivity contribution in [3.63, 3.8) is 0 Å². The Labute approximate surface area is 133 Å². The SMILES string of the molecule is CC(O)CCC(COC(=O)c1ccccc1C(=O)O)CC(=O)O. The van der Waals surface area contributed by atoms with Gasteiger partial charge in [0.25, 0.3) is 0 Å². The molecule has 0 amide bonds. The first-order valence-corrected chi connectivity index (χ1v) is 7.20. The highest BCUT2D eigenvalue weighted by Crippen LogP contribution is 2.16. The molecule has 0 heterocycles. The molecule has 0 aromatic heterocycles. The highest BCUT2D eigenvalue weighted by atomic mass is 16.5. The van der Waals surface area contributed by atoms with Gasteiger partial charge in [-0.05, 0) is 31.9 Å². The van der Waals surface area contributed by atoms with Gasteiger partial charge in [-0.1, -0.05) is 12.1 Å². The highest BCUT2D eigenvalue weighted by Gasteiger charge is 2.20. The summed E-state index contributed by atoms with van der Waals surface area (Å²) in [4.78, 5) is 33.9. The van der Waals surface area contributed by atoms with Gasteiger partial charge in [0.05, 0.1) is 30.3 Å². The second-order valence-corrected chi connectivity index (χ2v) is 5.34. The number of ether oxygens (including phenoxy) is 1. The van der Waals surface area contributed by atoms with Crippen molar-refractivity contribution in [3.8, 4) is 0 Å². The molecule has 7 heteroatoms. The van der Waals surface area contributed by atoms with E-state index in [4.69, 9.17) is 14.9 Å². The number of aliphatic carboxylic acids is 1. The third kappa shape index (κ3) is 6.48. The van der Waals surface area contributed by atoms with Crippen LogP contribution in [0.3, 0.4) is 0 Å². The molecule has 0 aliphatic heterocycles. The van der Waals surface area contributed by atoms with E-state index in [0.717, 1.165) is 0 Å². The Kier molecular flexibility index (Phi) is 7.21. The lowest BCUT2D eigenvalue weighted by atomic mass is 9.98. The van der Waals surface area contributed by atoms with Gasteiger partial charge in [0.15, 0.2) is 0 Å². The standard InChI is InChI=1S/C16H20O7/c1-10(17)6-7-11(8-14(18)19)9-23-16(22)13-5-3-2-4-12(13)15(20)21/h2-5,10-11,17H,6-9H2,1H3,(H,18,19)(H,20,21). The van der Waals surface area contributed by atoms with Gasteiger partial charge in [0.1, 0.15) is 0 Å². The van der Waals surface area contributed by atoms with Crippen LogP contribution in [0.4, 0.5) is 0 Å². The van der Waals surface area contributed by atoms with E-state index in [1.54, 1.807) is 6.92 Å². The number of aliphatic hydroxyl groups is 1. The van der Waals surface area contributed by atoms with Crippen LogP contribution in [-0.2, 0) is 9.53 Å². The number of hydrogen-bond acceptors (Lipinski definition) is 5. The average Bonchev–Trinajstić information content (AvgIpc) is 2.49. The third-order valence-electron chi connectivity index (χ3n) is 3.28. The van der Waals surface area contributed by atoms with Crippen LogP contribution in [0.5, 0.6) is 0 Å². The Morgan fingerprint density at radius 3 is 2.22 bits per heavy atom. The molecule has 0 spiro atoms. The van der Waals surface area contributed by atoms with Gasteiger partial charge in [-0.2, -0.15) is 0 Å². The van der Waals surface area contributed by atoms with E-state index in [1.165, 1.54) is 24.3 Å². The van der Waals surface area contributed by atoms with E-state index in [-0.39, 0.29) is 24.2 Å². The summed E-state index contributed by atoms with van der Waals surface area (Å²) in [6.07, 6.45) is 0.00863. The fraction of sp³-hybridized carbons (Fsp3) is 0.438. The van der Waals surface area contributed by atoms with Gasteiger partial charge >= 0.3 is 17.9 Å². The normalized spacial score (nSPS) is 13.1. The maximum Gasteiger partial charge on any atom is 0.339 e. The number of benzene rings is 1. The van der Waals surface area contributed by atoms with E-state index < -0.39 is 29.9 Å². The summed E-state index contributed by atoms with van der Waals surface area (Å²) in [6.45, 7) is 1.44. The molecule has 126 valence electrons. The molecule has 0 saturated carbocycles. The third-order valence-corrected chi connectivity index (χ3v) is 3.28. The minimum Gasteiger partial charge on any atom is -0.481 e. The zero-order valence-electron chi connectivity index (χ0n) is 12.8. The topological polar surface area (TPSA) is 121 Å². The van der Waals surface area contributed by atoms with E-state index >= 15 is 0 Å². The lowest BCUT2D eigenvalue weighted by Crippen LogP contribution is -2.20. The largest absolute Gasteiger partial charge is 0.481 e. The molecule has 0 radical (unpaired) electrons. The molecule has 1 aromatic carbocycles. The molecule has 3 N–H and O–H groups in total. The molecule has 1 rings (SSSR count). The van der Waals surface area contributed by atoms with Gasteiger partial charge in [0, 0.05) is 5.92 Å². The molecule has 7 nitrogen and oxygen atoms in total. The Bertz CT molecular complexity index is 565. The zero-order valence-corrected chi connectivity index (χ0v) is 12.8. The van der Waals surface area contributed by atoms with Crippen LogP contribution in [0.2, 0.25) is 0 Å². The molecule has 0 fully saturated rings. The second-order valence-electron chi connectivity index (χ2n) is 5.34. The first-order valence-electron chi connectivity index (χ1n) is 7.20. The molecular formula is C16H20O7. The highest BCUT2D eigenvalue weighted by molar-refractivity contribution is 6.02. The minimum absolute atomic E-state index is 0.0791. The summed E-state index contributed by atoms with van der Waals surface area (Å²) >= 11 is 0. The van der Waals surface area contributed by atoms with Crippen molar-refractivity contribution in [3.05, 3.63) is 35.4 Å². The van der Waals surface area contributed by atoms with Gasteiger partial charge in [0.2, 0.25) is 0 Å². The van der Waals surface area contributed by atoms with Gasteiger partial charge in [-0.25, -0.2) is 9.59 Å². The maximum absolute atomic E-state index is 12.0. The van der Waals surface area contributed by atoms with Crippen LogP contribution in [0.25, 0.3) is 0 Å². The number of rotatable bonds is 9. The Morgan fingerprint density at radius 1 is 1.09 bits per heavy atom. The molecular weight excluding hydrogens is 304 g/mol. The van der Waals surface area contributed by atoms with Crippen LogP contribution < -0.4 is 0 Å². The van der Waals surface area contributed by atoms with Crippen molar-refractivity contribution >= 4 is 17.9 Å². The van der Waals surface area contributed by atoms with Crippen molar-refractivity contribution < 1.29 is 34.4 Å². The van der Waals surface area contributed by atoms with Crippen LogP contribution >= 0.6 is 0 Å². The smallest absolute Gasteiger partial charge is 0.339 e. The number of carbonyl (C=O) groups is 3. The van der Waals surface area contributed by atoms with E-state index in [0.29, 0.717) is 12.8 Å². The number of carboxylic acid groups (broad SMARTS) is 2. The monoisotopic (exact) mass is 324 g/mol. The second kappa shape index (κ2) is 8.89. The molecule has 1 aromatic rings. The summed E-state index contributed by atoms with van der Waals surface area (Å²) in [7, 11) is 0. The molecule has 2 atom stereocenters. The van der Waals surface area contributed by atoms with Gasteiger partial charge in [-0.15, -0.1) is 0 Å². The van der Waals surface area contributed by atoms with E-state index in [1.807, 2.05) is 0 Å². The molecule has 2 unspecified atom stereocenters. The maximum atomic E-state index is 12.0. The van der Waals surface area contributed by atoms with Crippen molar-refractivity contribution in [2.45, 2.75) is 32.3 Å². The predicted octanol–water partition coefficient (Wildman–Crippen LogP) is 1.79. The van der Waals surface area contributed by atoms with Crippen LogP contribution in [-0.4, -0.2) is 45.9 Å². The average molecular weight is 324 g/mol. The molecule has 0 aliphatic rings.